The Kier molecular flexibility index (Phi) is 7.62. The molecule has 6 heteroatoms. The van der Waals surface area contributed by atoms with Crippen LogP contribution in [-0.2, 0) is 14.3 Å². The number of rotatable bonds is 7. The highest BCUT2D eigenvalue weighted by Crippen LogP contribution is 2.36. The number of benzene rings is 2. The molecule has 1 heterocycles. The van der Waals surface area contributed by atoms with Crippen molar-refractivity contribution in [2.75, 3.05) is 23.9 Å². The molecule has 2 unspecified atom stereocenters. The molecular formula is C24H31ClN2O3. The summed E-state index contributed by atoms with van der Waals surface area (Å²) in [6.07, 6.45) is 1.24. The van der Waals surface area contributed by atoms with Gasteiger partial charge in [0.05, 0.1) is 25.7 Å². The second kappa shape index (κ2) is 10.2. The van der Waals surface area contributed by atoms with E-state index in [1.165, 1.54) is 7.11 Å². The molecule has 1 N–H and O–H groups in total. The van der Waals surface area contributed by atoms with Crippen LogP contribution in [0.25, 0.3) is 0 Å². The van der Waals surface area contributed by atoms with E-state index in [9.17, 15) is 4.79 Å². The molecule has 162 valence electrons. The van der Waals surface area contributed by atoms with Crippen LogP contribution in [0.1, 0.15) is 45.1 Å². The monoisotopic (exact) mass is 430 g/mol. The van der Waals surface area contributed by atoms with E-state index >= 15 is 0 Å². The van der Waals surface area contributed by atoms with Crippen LogP contribution in [0.3, 0.4) is 0 Å². The van der Waals surface area contributed by atoms with Crippen LogP contribution < -0.4 is 10.2 Å². The number of nitrogens with zero attached hydrogens (tertiary/aromatic N) is 1. The number of hydrogen-bond acceptors (Lipinski definition) is 5. The maximum absolute atomic E-state index is 12.0. The maximum Gasteiger partial charge on any atom is 0.306 e. The summed E-state index contributed by atoms with van der Waals surface area (Å²) >= 11 is 6.05. The highest BCUT2D eigenvalue weighted by Gasteiger charge is 2.34. The van der Waals surface area contributed by atoms with Crippen molar-refractivity contribution in [1.82, 2.24) is 0 Å². The van der Waals surface area contributed by atoms with Gasteiger partial charge < -0.3 is 19.7 Å². The van der Waals surface area contributed by atoms with Crippen molar-refractivity contribution in [3.05, 3.63) is 59.1 Å². The normalized spacial score (nSPS) is 22.4. The van der Waals surface area contributed by atoms with Crippen LogP contribution in [0.15, 0.2) is 48.5 Å². The van der Waals surface area contributed by atoms with Crippen LogP contribution in [0.2, 0.25) is 5.02 Å². The third-order valence-electron chi connectivity index (χ3n) is 5.66. The lowest BCUT2D eigenvalue weighted by Crippen LogP contribution is -2.57. The van der Waals surface area contributed by atoms with Gasteiger partial charge in [0.25, 0.3) is 0 Å². The van der Waals surface area contributed by atoms with E-state index in [4.69, 9.17) is 21.1 Å². The fraction of sp³-hybridized carbons (Fsp3) is 0.458. The number of anilines is 2. The van der Waals surface area contributed by atoms with Gasteiger partial charge in [-0.05, 0) is 62.1 Å². The molecule has 0 aliphatic carbocycles. The number of hydrogen-bond donors (Lipinski definition) is 1. The van der Waals surface area contributed by atoms with Gasteiger partial charge in [-0.3, -0.25) is 4.79 Å². The number of para-hydroxylation sites is 1. The van der Waals surface area contributed by atoms with Crippen molar-refractivity contribution in [1.29, 1.82) is 0 Å². The Balaban J connectivity index is 1.95. The first-order valence-corrected chi connectivity index (χ1v) is 10.9. The summed E-state index contributed by atoms with van der Waals surface area (Å²) in [5.41, 5.74) is 3.27. The second-order valence-electron chi connectivity index (χ2n) is 7.84. The van der Waals surface area contributed by atoms with Gasteiger partial charge >= 0.3 is 5.97 Å². The first kappa shape index (κ1) is 22.4. The van der Waals surface area contributed by atoms with Gasteiger partial charge in [0.15, 0.2) is 0 Å². The Bertz CT molecular complexity index is 843. The average Bonchev–Trinajstić information content (AvgIpc) is 2.75. The van der Waals surface area contributed by atoms with Crippen molar-refractivity contribution in [2.24, 2.45) is 0 Å². The quantitative estimate of drug-likeness (QED) is 0.592. The minimum absolute atomic E-state index is 0.0295. The van der Waals surface area contributed by atoms with Crippen LogP contribution in [0.4, 0.5) is 11.4 Å². The van der Waals surface area contributed by atoms with Gasteiger partial charge in [-0.2, -0.15) is 0 Å². The van der Waals surface area contributed by atoms with E-state index in [-0.39, 0.29) is 30.3 Å². The van der Waals surface area contributed by atoms with Crippen molar-refractivity contribution >= 4 is 28.9 Å². The van der Waals surface area contributed by atoms with Crippen molar-refractivity contribution in [3.63, 3.8) is 0 Å². The molecule has 0 bridgehead atoms. The summed E-state index contributed by atoms with van der Waals surface area (Å²) in [5.74, 6) is -0.0884. The summed E-state index contributed by atoms with van der Waals surface area (Å²) in [4.78, 5) is 14.4. The van der Waals surface area contributed by atoms with E-state index in [0.29, 0.717) is 11.4 Å². The summed E-state index contributed by atoms with van der Waals surface area (Å²) in [5, 5.41) is 4.32. The second-order valence-corrected chi connectivity index (χ2v) is 8.28. The number of carbonyl (C=O) groups excluding carboxylic acids is 1. The van der Waals surface area contributed by atoms with Gasteiger partial charge in [-0.15, -0.1) is 0 Å². The van der Waals surface area contributed by atoms with E-state index < -0.39 is 0 Å². The number of esters is 1. The Morgan fingerprint density at radius 2 is 1.93 bits per heavy atom. The van der Waals surface area contributed by atoms with Crippen molar-refractivity contribution in [2.45, 2.75) is 57.9 Å². The summed E-state index contributed by atoms with van der Waals surface area (Å²) < 4.78 is 11.1. The zero-order valence-corrected chi connectivity index (χ0v) is 18.9. The third-order valence-corrected chi connectivity index (χ3v) is 5.91. The van der Waals surface area contributed by atoms with Gasteiger partial charge in [0, 0.05) is 22.9 Å². The van der Waals surface area contributed by atoms with Crippen LogP contribution in [-0.4, -0.2) is 38.0 Å². The summed E-state index contributed by atoms with van der Waals surface area (Å²) in [7, 11) is 1.44. The molecule has 3 rings (SSSR count). The fourth-order valence-electron chi connectivity index (χ4n) is 4.14. The van der Waals surface area contributed by atoms with Crippen molar-refractivity contribution < 1.29 is 14.3 Å². The molecule has 4 atom stereocenters. The fourth-order valence-corrected chi connectivity index (χ4v) is 4.27. The van der Waals surface area contributed by atoms with Crippen molar-refractivity contribution in [3.8, 4) is 0 Å². The summed E-state index contributed by atoms with van der Waals surface area (Å²) in [6, 6.07) is 16.0. The van der Waals surface area contributed by atoms with Crippen LogP contribution >= 0.6 is 11.6 Å². The van der Waals surface area contributed by atoms with Gasteiger partial charge in [-0.1, -0.05) is 36.7 Å². The number of methoxy groups -OCH3 is 1. The molecule has 1 saturated heterocycles. The molecule has 5 nitrogen and oxygen atoms in total. The Morgan fingerprint density at radius 1 is 1.23 bits per heavy atom. The largest absolute Gasteiger partial charge is 0.469 e. The molecule has 1 aliphatic heterocycles. The zero-order valence-electron chi connectivity index (χ0n) is 18.1. The highest BCUT2D eigenvalue weighted by molar-refractivity contribution is 6.30. The molecule has 0 saturated carbocycles. The molecule has 1 aliphatic rings. The van der Waals surface area contributed by atoms with E-state index in [2.05, 4.69) is 43.1 Å². The average molecular weight is 431 g/mol. The zero-order chi connectivity index (χ0) is 21.7. The number of morpholine rings is 1. The Hall–Kier alpha value is -2.24. The first-order chi connectivity index (χ1) is 14.4. The first-order valence-electron chi connectivity index (χ1n) is 10.5. The smallest absolute Gasteiger partial charge is 0.306 e. The van der Waals surface area contributed by atoms with E-state index in [1.807, 2.05) is 36.4 Å². The minimum atomic E-state index is -0.184. The SMILES string of the molecule is CCC(CC(=O)OC)c1ccccc1N1C[C@@H](C)O[C@@H](C)C1Nc1ccc(Cl)cc1. The number of ether oxygens (including phenoxy) is 2. The summed E-state index contributed by atoms with van der Waals surface area (Å²) in [6.45, 7) is 7.04. The van der Waals surface area contributed by atoms with Gasteiger partial charge in [0.1, 0.15) is 6.17 Å². The molecule has 0 aromatic heterocycles. The minimum Gasteiger partial charge on any atom is -0.469 e. The van der Waals surface area contributed by atoms with Gasteiger partial charge in [-0.25, -0.2) is 0 Å². The third kappa shape index (κ3) is 5.27. The molecular weight excluding hydrogens is 400 g/mol. The molecule has 1 fully saturated rings. The molecule has 2 aromatic rings. The number of halogens is 1. The lowest BCUT2D eigenvalue weighted by molar-refractivity contribution is -0.141. The Morgan fingerprint density at radius 3 is 2.60 bits per heavy atom. The molecule has 0 radical (unpaired) electrons. The lowest BCUT2D eigenvalue weighted by Gasteiger charge is -2.45. The van der Waals surface area contributed by atoms with Gasteiger partial charge in [0.2, 0.25) is 0 Å². The van der Waals surface area contributed by atoms with E-state index in [0.717, 1.165) is 29.9 Å². The lowest BCUT2D eigenvalue weighted by atomic mass is 9.90. The highest BCUT2D eigenvalue weighted by atomic mass is 35.5. The standard InChI is InChI=1S/C24H31ClN2O3/c1-5-18(14-23(28)29-4)21-8-6-7-9-22(21)27-15-16(2)30-17(3)24(27)26-20-12-10-19(25)11-13-20/h6-13,16-18,24,26H,5,14-15H2,1-4H3/t16-,17+,18?,24?/m1/s1. The topological polar surface area (TPSA) is 50.8 Å². The van der Waals surface area contributed by atoms with Crippen LogP contribution in [0.5, 0.6) is 0 Å². The molecule has 0 amide bonds. The Labute approximate surface area is 184 Å². The predicted molar refractivity (Wildman–Crippen MR) is 122 cm³/mol. The van der Waals surface area contributed by atoms with Crippen LogP contribution in [0, 0.1) is 0 Å². The molecule has 2 aromatic carbocycles. The maximum atomic E-state index is 12.0. The molecule has 0 spiro atoms. The number of nitrogens with one attached hydrogen (secondary N) is 1. The van der Waals surface area contributed by atoms with E-state index in [1.54, 1.807) is 0 Å². The predicted octanol–water partition coefficient (Wildman–Crippen LogP) is 5.45. The molecule has 30 heavy (non-hydrogen) atoms. The number of carbonyl (C=O) groups is 1.